The normalized spacial score (nSPS) is 15.4. The number of rotatable bonds is 4. The van der Waals surface area contributed by atoms with E-state index in [-0.39, 0.29) is 5.91 Å². The van der Waals surface area contributed by atoms with Crippen LogP contribution in [-0.4, -0.2) is 17.4 Å². The van der Waals surface area contributed by atoms with E-state index in [1.54, 1.807) is 6.20 Å². The van der Waals surface area contributed by atoms with E-state index in [4.69, 9.17) is 4.42 Å². The fourth-order valence-electron chi connectivity index (χ4n) is 2.70. The minimum Gasteiger partial charge on any atom is -0.444 e. The van der Waals surface area contributed by atoms with Gasteiger partial charge in [0.15, 0.2) is 12.2 Å². The molecule has 2 aromatic rings. The van der Waals surface area contributed by atoms with E-state index in [2.05, 4.69) is 10.3 Å². The first-order chi connectivity index (χ1) is 9.83. The number of hydrogen-bond acceptors (Lipinski definition) is 3. The second-order valence-electron chi connectivity index (χ2n) is 5.30. The third kappa shape index (κ3) is 2.90. The largest absolute Gasteiger partial charge is 0.444 e. The smallest absolute Gasteiger partial charge is 0.251 e. The van der Waals surface area contributed by atoms with Gasteiger partial charge >= 0.3 is 0 Å². The Morgan fingerprint density at radius 3 is 2.65 bits per heavy atom. The zero-order valence-corrected chi connectivity index (χ0v) is 11.3. The molecule has 0 unspecified atom stereocenters. The Morgan fingerprint density at radius 1 is 1.25 bits per heavy atom. The number of amides is 1. The van der Waals surface area contributed by atoms with Crippen LogP contribution in [0.25, 0.3) is 11.3 Å². The standard InChI is InChI=1S/C16H18N2O2/c19-16(18-9-12-3-1-2-4-12)14-7-5-13(6-8-14)15-10-17-11-20-15/h5-8,10-12H,1-4,9H2,(H,18,19). The lowest BCUT2D eigenvalue weighted by molar-refractivity contribution is 0.0947. The molecule has 1 fully saturated rings. The summed E-state index contributed by atoms with van der Waals surface area (Å²) in [6.07, 6.45) is 8.14. The van der Waals surface area contributed by atoms with Crippen LogP contribution in [0.15, 0.2) is 41.3 Å². The lowest BCUT2D eigenvalue weighted by Crippen LogP contribution is -2.28. The van der Waals surface area contributed by atoms with Crippen LogP contribution in [0.3, 0.4) is 0 Å². The zero-order valence-electron chi connectivity index (χ0n) is 11.3. The minimum absolute atomic E-state index is 0.000944. The van der Waals surface area contributed by atoms with Crippen molar-refractivity contribution in [3.63, 3.8) is 0 Å². The molecule has 0 spiro atoms. The molecule has 1 aromatic heterocycles. The topological polar surface area (TPSA) is 55.1 Å². The first kappa shape index (κ1) is 12.9. The van der Waals surface area contributed by atoms with Crippen molar-refractivity contribution >= 4 is 5.91 Å². The van der Waals surface area contributed by atoms with Gasteiger partial charge < -0.3 is 9.73 Å². The van der Waals surface area contributed by atoms with Crippen molar-refractivity contribution in [1.82, 2.24) is 10.3 Å². The Morgan fingerprint density at radius 2 is 2.00 bits per heavy atom. The van der Waals surface area contributed by atoms with E-state index in [1.807, 2.05) is 24.3 Å². The highest BCUT2D eigenvalue weighted by atomic mass is 16.3. The van der Waals surface area contributed by atoms with Crippen molar-refractivity contribution in [2.75, 3.05) is 6.54 Å². The predicted molar refractivity (Wildman–Crippen MR) is 76.2 cm³/mol. The Labute approximate surface area is 118 Å². The fourth-order valence-corrected chi connectivity index (χ4v) is 2.70. The highest BCUT2D eigenvalue weighted by molar-refractivity contribution is 5.94. The summed E-state index contributed by atoms with van der Waals surface area (Å²) in [5.74, 6) is 1.37. The fraction of sp³-hybridized carbons (Fsp3) is 0.375. The van der Waals surface area contributed by atoms with Gasteiger partial charge in [-0.05, 0) is 30.9 Å². The van der Waals surface area contributed by atoms with Gasteiger partial charge in [-0.15, -0.1) is 0 Å². The summed E-state index contributed by atoms with van der Waals surface area (Å²) < 4.78 is 5.22. The summed E-state index contributed by atoms with van der Waals surface area (Å²) in [6.45, 7) is 0.794. The molecule has 0 radical (unpaired) electrons. The third-order valence-corrected chi connectivity index (χ3v) is 3.89. The second-order valence-corrected chi connectivity index (χ2v) is 5.30. The lowest BCUT2D eigenvalue weighted by Gasteiger charge is -2.10. The predicted octanol–water partition coefficient (Wildman–Crippen LogP) is 3.26. The van der Waals surface area contributed by atoms with Crippen LogP contribution >= 0.6 is 0 Å². The molecule has 20 heavy (non-hydrogen) atoms. The Kier molecular flexibility index (Phi) is 3.81. The number of nitrogens with one attached hydrogen (secondary N) is 1. The van der Waals surface area contributed by atoms with Crippen LogP contribution < -0.4 is 5.32 Å². The van der Waals surface area contributed by atoms with E-state index in [1.165, 1.54) is 32.1 Å². The molecule has 1 saturated carbocycles. The molecule has 1 aliphatic carbocycles. The highest BCUT2D eigenvalue weighted by Crippen LogP contribution is 2.24. The molecule has 104 valence electrons. The van der Waals surface area contributed by atoms with Gasteiger partial charge in [0.05, 0.1) is 6.20 Å². The van der Waals surface area contributed by atoms with Crippen molar-refractivity contribution in [2.45, 2.75) is 25.7 Å². The van der Waals surface area contributed by atoms with Gasteiger partial charge in [-0.3, -0.25) is 4.79 Å². The third-order valence-electron chi connectivity index (χ3n) is 3.89. The van der Waals surface area contributed by atoms with Crippen LogP contribution in [0.2, 0.25) is 0 Å². The van der Waals surface area contributed by atoms with E-state index >= 15 is 0 Å². The monoisotopic (exact) mass is 270 g/mol. The van der Waals surface area contributed by atoms with Gasteiger partial charge in [0.25, 0.3) is 5.91 Å². The number of carbonyl (C=O) groups excluding carboxylic acids is 1. The summed E-state index contributed by atoms with van der Waals surface area (Å²) >= 11 is 0. The number of oxazole rings is 1. The molecule has 4 heteroatoms. The number of hydrogen-bond donors (Lipinski definition) is 1. The first-order valence-corrected chi connectivity index (χ1v) is 7.10. The second kappa shape index (κ2) is 5.90. The average molecular weight is 270 g/mol. The average Bonchev–Trinajstić information content (AvgIpc) is 3.18. The van der Waals surface area contributed by atoms with Gasteiger partial charge in [-0.2, -0.15) is 0 Å². The molecule has 0 saturated heterocycles. The molecule has 4 nitrogen and oxygen atoms in total. The molecule has 1 N–H and O–H groups in total. The van der Waals surface area contributed by atoms with E-state index in [0.717, 1.165) is 12.1 Å². The number of benzene rings is 1. The van der Waals surface area contributed by atoms with Crippen molar-refractivity contribution in [3.05, 3.63) is 42.4 Å². The van der Waals surface area contributed by atoms with Crippen LogP contribution in [0, 0.1) is 5.92 Å². The molecule has 0 atom stereocenters. The van der Waals surface area contributed by atoms with E-state index < -0.39 is 0 Å². The van der Waals surface area contributed by atoms with Crippen LogP contribution in [-0.2, 0) is 0 Å². The van der Waals surface area contributed by atoms with E-state index in [9.17, 15) is 4.79 Å². The maximum Gasteiger partial charge on any atom is 0.251 e. The number of carbonyl (C=O) groups is 1. The van der Waals surface area contributed by atoms with Crippen LogP contribution in [0.5, 0.6) is 0 Å². The van der Waals surface area contributed by atoms with E-state index in [0.29, 0.717) is 17.2 Å². The van der Waals surface area contributed by atoms with Crippen molar-refractivity contribution in [2.24, 2.45) is 5.92 Å². The summed E-state index contributed by atoms with van der Waals surface area (Å²) in [5.41, 5.74) is 1.61. The Balaban J connectivity index is 1.60. The molecule has 1 amide bonds. The molecule has 1 aromatic carbocycles. The molecule has 0 bridgehead atoms. The maximum atomic E-state index is 12.1. The van der Waals surface area contributed by atoms with Crippen molar-refractivity contribution in [3.8, 4) is 11.3 Å². The number of nitrogens with zero attached hydrogens (tertiary/aromatic N) is 1. The SMILES string of the molecule is O=C(NCC1CCCC1)c1ccc(-c2cnco2)cc1. The van der Waals surface area contributed by atoms with Crippen LogP contribution in [0.1, 0.15) is 36.0 Å². The highest BCUT2D eigenvalue weighted by Gasteiger charge is 2.16. The van der Waals surface area contributed by atoms with Crippen molar-refractivity contribution in [1.29, 1.82) is 0 Å². The van der Waals surface area contributed by atoms with Gasteiger partial charge in [0, 0.05) is 17.7 Å². The van der Waals surface area contributed by atoms with Gasteiger partial charge in [-0.1, -0.05) is 25.0 Å². The summed E-state index contributed by atoms with van der Waals surface area (Å²) in [6, 6.07) is 7.40. The maximum absolute atomic E-state index is 12.1. The molecule has 1 aliphatic rings. The summed E-state index contributed by atoms with van der Waals surface area (Å²) in [5, 5.41) is 3.02. The van der Waals surface area contributed by atoms with Crippen LogP contribution in [0.4, 0.5) is 0 Å². The molecule has 0 aliphatic heterocycles. The summed E-state index contributed by atoms with van der Waals surface area (Å²) in [7, 11) is 0. The van der Waals surface area contributed by atoms with Gasteiger partial charge in [-0.25, -0.2) is 4.98 Å². The Bertz CT molecular complexity index is 555. The molecular formula is C16H18N2O2. The molecule has 1 heterocycles. The quantitative estimate of drug-likeness (QED) is 0.927. The summed E-state index contributed by atoms with van der Waals surface area (Å²) in [4.78, 5) is 15.9. The zero-order chi connectivity index (χ0) is 13.8. The Hall–Kier alpha value is -2.10. The molecule has 3 rings (SSSR count). The number of aromatic nitrogens is 1. The minimum atomic E-state index is 0.000944. The lowest BCUT2D eigenvalue weighted by atomic mass is 10.1. The van der Waals surface area contributed by atoms with Crippen molar-refractivity contribution < 1.29 is 9.21 Å². The van der Waals surface area contributed by atoms with Gasteiger partial charge in [0.2, 0.25) is 0 Å². The van der Waals surface area contributed by atoms with Gasteiger partial charge in [0.1, 0.15) is 0 Å². The molecular weight excluding hydrogens is 252 g/mol. The first-order valence-electron chi connectivity index (χ1n) is 7.10.